The third-order valence-electron chi connectivity index (χ3n) is 6.18. The number of halogens is 1. The molecule has 2 amide bonds. The lowest BCUT2D eigenvalue weighted by molar-refractivity contribution is -0.118. The van der Waals surface area contributed by atoms with Crippen LogP contribution in [0.15, 0.2) is 61.1 Å². The van der Waals surface area contributed by atoms with Gasteiger partial charge in [0.05, 0.1) is 11.6 Å². The molecule has 5 rings (SSSR count). The molecule has 10 heteroatoms. The van der Waals surface area contributed by atoms with E-state index < -0.39 is 0 Å². The van der Waals surface area contributed by atoms with Gasteiger partial charge in [0, 0.05) is 42.5 Å². The Morgan fingerprint density at radius 2 is 1.89 bits per heavy atom. The summed E-state index contributed by atoms with van der Waals surface area (Å²) in [5.41, 5.74) is 4.09. The lowest BCUT2D eigenvalue weighted by Crippen LogP contribution is -2.26. The molecule has 0 saturated heterocycles. The Bertz CT molecular complexity index is 1650. The van der Waals surface area contributed by atoms with Crippen LogP contribution in [-0.4, -0.2) is 36.0 Å². The molecule has 37 heavy (non-hydrogen) atoms. The van der Waals surface area contributed by atoms with Gasteiger partial charge in [0.25, 0.3) is 5.91 Å². The minimum absolute atomic E-state index is 0.159. The van der Waals surface area contributed by atoms with Crippen molar-refractivity contribution in [1.82, 2.24) is 29.5 Å². The zero-order chi connectivity index (χ0) is 26.3. The zero-order valence-corrected chi connectivity index (χ0v) is 20.9. The van der Waals surface area contributed by atoms with Gasteiger partial charge < -0.3 is 9.88 Å². The third-order valence-corrected chi connectivity index (χ3v) is 6.18. The molecule has 0 aliphatic carbocycles. The van der Waals surface area contributed by atoms with Gasteiger partial charge in [-0.1, -0.05) is 26.0 Å². The van der Waals surface area contributed by atoms with Crippen molar-refractivity contribution in [1.29, 1.82) is 0 Å². The SMILES string of the molecule is CC(C)C(=O)Nc1nc2cc(-c3cn(C)c4ncc(C(=O)N[C@@H](C)c5cccc(F)c5)cc34)ccn2n1. The van der Waals surface area contributed by atoms with E-state index in [0.717, 1.165) is 22.2 Å². The molecule has 4 heterocycles. The summed E-state index contributed by atoms with van der Waals surface area (Å²) in [7, 11) is 1.89. The Hall–Kier alpha value is -4.60. The predicted octanol–water partition coefficient (Wildman–Crippen LogP) is 4.51. The van der Waals surface area contributed by atoms with E-state index in [1.807, 2.05) is 29.9 Å². The molecule has 0 saturated carbocycles. The number of fused-ring (bicyclic) bond motifs is 2. The number of anilines is 1. The van der Waals surface area contributed by atoms with Crippen molar-refractivity contribution >= 4 is 34.4 Å². The van der Waals surface area contributed by atoms with E-state index >= 15 is 0 Å². The molecule has 0 radical (unpaired) electrons. The number of nitrogens with zero attached hydrogens (tertiary/aromatic N) is 5. The van der Waals surface area contributed by atoms with Gasteiger partial charge in [-0.3, -0.25) is 14.9 Å². The van der Waals surface area contributed by atoms with Crippen LogP contribution in [0.1, 0.15) is 42.7 Å². The second-order valence-corrected chi connectivity index (χ2v) is 9.30. The van der Waals surface area contributed by atoms with E-state index in [9.17, 15) is 14.0 Å². The molecule has 0 bridgehead atoms. The maximum atomic E-state index is 13.6. The van der Waals surface area contributed by atoms with Crippen LogP contribution in [0.2, 0.25) is 0 Å². The monoisotopic (exact) mass is 499 g/mol. The molecular weight excluding hydrogens is 473 g/mol. The second kappa shape index (κ2) is 9.45. The largest absolute Gasteiger partial charge is 0.345 e. The van der Waals surface area contributed by atoms with Crippen molar-refractivity contribution in [2.75, 3.05) is 5.32 Å². The standard InChI is InChI=1S/C27H26FN7O2/c1-15(2)25(36)32-27-31-23-12-18(8-9-35(23)33-27)22-14-34(4)24-21(22)11-19(13-29-24)26(37)30-16(3)17-6-5-7-20(28)10-17/h5-16H,1-4H3,(H,30,37)(H,32,33,36)/t16-/m0/s1. The van der Waals surface area contributed by atoms with Crippen molar-refractivity contribution in [3.8, 4) is 11.1 Å². The van der Waals surface area contributed by atoms with E-state index in [0.29, 0.717) is 16.8 Å². The molecule has 0 fully saturated rings. The average Bonchev–Trinajstić information content (AvgIpc) is 3.43. The highest BCUT2D eigenvalue weighted by Crippen LogP contribution is 2.30. The molecule has 0 aliphatic rings. The molecule has 0 unspecified atom stereocenters. The molecule has 1 aromatic carbocycles. The molecule has 0 spiro atoms. The lowest BCUT2D eigenvalue weighted by Gasteiger charge is -2.14. The Kier molecular flexibility index (Phi) is 6.16. The molecule has 9 nitrogen and oxygen atoms in total. The van der Waals surface area contributed by atoms with Gasteiger partial charge in [-0.15, -0.1) is 5.10 Å². The molecule has 0 aliphatic heterocycles. The van der Waals surface area contributed by atoms with E-state index in [-0.39, 0.29) is 35.5 Å². The number of benzene rings is 1. The minimum atomic E-state index is -0.380. The predicted molar refractivity (Wildman–Crippen MR) is 138 cm³/mol. The van der Waals surface area contributed by atoms with Gasteiger partial charge in [-0.25, -0.2) is 13.9 Å². The first-order chi connectivity index (χ1) is 17.7. The first-order valence-electron chi connectivity index (χ1n) is 11.9. The van der Waals surface area contributed by atoms with Crippen molar-refractivity contribution in [2.24, 2.45) is 13.0 Å². The Morgan fingerprint density at radius 1 is 1.08 bits per heavy atom. The van der Waals surface area contributed by atoms with Crippen LogP contribution in [0.3, 0.4) is 0 Å². The first kappa shape index (κ1) is 24.1. The van der Waals surface area contributed by atoms with Crippen LogP contribution < -0.4 is 10.6 Å². The van der Waals surface area contributed by atoms with Crippen LogP contribution in [0.4, 0.5) is 10.3 Å². The maximum Gasteiger partial charge on any atom is 0.253 e. The lowest BCUT2D eigenvalue weighted by atomic mass is 10.1. The topological polar surface area (TPSA) is 106 Å². The summed E-state index contributed by atoms with van der Waals surface area (Å²) in [6.45, 7) is 5.40. The number of pyridine rings is 2. The Balaban J connectivity index is 1.46. The number of carbonyl (C=O) groups excluding carboxylic acids is 2. The van der Waals surface area contributed by atoms with Gasteiger partial charge in [-0.2, -0.15) is 4.98 Å². The van der Waals surface area contributed by atoms with Crippen molar-refractivity contribution < 1.29 is 14.0 Å². The number of nitrogens with one attached hydrogen (secondary N) is 2. The van der Waals surface area contributed by atoms with Gasteiger partial charge in [0.2, 0.25) is 11.9 Å². The van der Waals surface area contributed by atoms with E-state index in [1.165, 1.54) is 18.3 Å². The highest BCUT2D eigenvalue weighted by molar-refractivity contribution is 6.01. The number of aromatic nitrogens is 5. The summed E-state index contributed by atoms with van der Waals surface area (Å²) in [5, 5.41) is 10.7. The summed E-state index contributed by atoms with van der Waals surface area (Å²) in [4.78, 5) is 34.0. The quantitative estimate of drug-likeness (QED) is 0.358. The van der Waals surface area contributed by atoms with Crippen LogP contribution in [0, 0.1) is 11.7 Å². The van der Waals surface area contributed by atoms with E-state index in [2.05, 4.69) is 25.7 Å². The molecule has 4 aromatic heterocycles. The molecule has 5 aromatic rings. The summed E-state index contributed by atoms with van der Waals surface area (Å²) in [5.74, 6) is -0.765. The second-order valence-electron chi connectivity index (χ2n) is 9.30. The fourth-order valence-electron chi connectivity index (χ4n) is 4.11. The smallest absolute Gasteiger partial charge is 0.253 e. The summed E-state index contributed by atoms with van der Waals surface area (Å²) >= 11 is 0. The van der Waals surface area contributed by atoms with Crippen molar-refractivity contribution in [3.05, 3.63) is 78.0 Å². The summed E-state index contributed by atoms with van der Waals surface area (Å²) in [6, 6.07) is 11.3. The van der Waals surface area contributed by atoms with E-state index in [4.69, 9.17) is 0 Å². The zero-order valence-electron chi connectivity index (χ0n) is 20.9. The highest BCUT2D eigenvalue weighted by Gasteiger charge is 2.17. The van der Waals surface area contributed by atoms with Crippen LogP contribution in [-0.2, 0) is 11.8 Å². The maximum absolute atomic E-state index is 13.6. The Morgan fingerprint density at radius 3 is 2.65 bits per heavy atom. The van der Waals surface area contributed by atoms with Crippen LogP contribution >= 0.6 is 0 Å². The normalized spacial score (nSPS) is 12.3. The molecule has 1 atom stereocenters. The number of rotatable bonds is 6. The van der Waals surface area contributed by atoms with Crippen LogP contribution in [0.5, 0.6) is 0 Å². The summed E-state index contributed by atoms with van der Waals surface area (Å²) < 4.78 is 17.1. The number of hydrogen-bond donors (Lipinski definition) is 2. The molecular formula is C27H26FN7O2. The third kappa shape index (κ3) is 4.77. The minimum Gasteiger partial charge on any atom is -0.345 e. The Labute approximate surface area is 212 Å². The van der Waals surface area contributed by atoms with Gasteiger partial charge in [0.1, 0.15) is 11.5 Å². The fraction of sp³-hybridized carbons (Fsp3) is 0.222. The molecule has 2 N–H and O–H groups in total. The number of amides is 2. The number of carbonyl (C=O) groups is 2. The number of aryl methyl sites for hydroxylation is 1. The van der Waals surface area contributed by atoms with Gasteiger partial charge in [0.15, 0.2) is 5.65 Å². The van der Waals surface area contributed by atoms with E-state index in [1.54, 1.807) is 49.7 Å². The van der Waals surface area contributed by atoms with Crippen molar-refractivity contribution in [3.63, 3.8) is 0 Å². The highest BCUT2D eigenvalue weighted by atomic mass is 19.1. The fourth-order valence-corrected chi connectivity index (χ4v) is 4.11. The van der Waals surface area contributed by atoms with Crippen molar-refractivity contribution in [2.45, 2.75) is 26.8 Å². The van der Waals surface area contributed by atoms with Gasteiger partial charge in [-0.05, 0) is 48.4 Å². The average molecular weight is 500 g/mol. The molecule has 188 valence electrons. The first-order valence-corrected chi connectivity index (χ1v) is 11.9. The van der Waals surface area contributed by atoms with Gasteiger partial charge >= 0.3 is 0 Å². The van der Waals surface area contributed by atoms with Crippen LogP contribution in [0.25, 0.3) is 27.8 Å². The summed E-state index contributed by atoms with van der Waals surface area (Å²) in [6.07, 6.45) is 5.25. The number of hydrogen-bond acceptors (Lipinski definition) is 5.